The number of rotatable bonds is 3. The van der Waals surface area contributed by atoms with E-state index in [0.717, 1.165) is 0 Å². The van der Waals surface area contributed by atoms with Crippen molar-refractivity contribution < 1.29 is 9.13 Å². The number of halogens is 2. The highest BCUT2D eigenvalue weighted by Crippen LogP contribution is 2.04. The second-order valence-corrected chi connectivity index (χ2v) is 2.79. The Bertz CT molecular complexity index is 334. The molecule has 4 heteroatoms. The number of nitrogens with one attached hydrogen (secondary N) is 1. The van der Waals surface area contributed by atoms with E-state index < -0.39 is 0 Å². The van der Waals surface area contributed by atoms with Crippen LogP contribution in [0, 0.1) is 11.2 Å². The van der Waals surface area contributed by atoms with Gasteiger partial charge in [-0.25, -0.2) is 4.39 Å². The normalized spacial score (nSPS) is 10.4. The van der Waals surface area contributed by atoms with E-state index in [2.05, 4.69) is 0 Å². The Morgan fingerprint density at radius 2 is 2.07 bits per heavy atom. The number of alkyl halides is 1. The van der Waals surface area contributed by atoms with Crippen LogP contribution in [0.15, 0.2) is 36.6 Å². The topological polar surface area (TPSA) is 33.1 Å². The number of allylic oxidation sites excluding steroid dienone is 1. The highest BCUT2D eigenvalue weighted by atomic mass is 35.5. The zero-order chi connectivity index (χ0) is 10.4. The van der Waals surface area contributed by atoms with Gasteiger partial charge in [0.15, 0.2) is 0 Å². The third kappa shape index (κ3) is 3.18. The van der Waals surface area contributed by atoms with Gasteiger partial charge < -0.3 is 4.74 Å². The maximum absolute atomic E-state index is 12.5. The Hall–Kier alpha value is -1.35. The van der Waals surface area contributed by atoms with Crippen LogP contribution in [-0.2, 0) is 4.74 Å². The summed E-state index contributed by atoms with van der Waals surface area (Å²) in [6, 6.07) is 5.51. The summed E-state index contributed by atoms with van der Waals surface area (Å²) in [5.74, 6) is -0.0410. The largest absolute Gasteiger partial charge is 0.447 e. The molecule has 0 saturated carbocycles. The SMILES string of the molecule is N=C(O/C=C/CCl)c1ccc(F)cc1. The van der Waals surface area contributed by atoms with Crippen LogP contribution in [0.4, 0.5) is 4.39 Å². The lowest BCUT2D eigenvalue weighted by atomic mass is 10.2. The van der Waals surface area contributed by atoms with Gasteiger partial charge >= 0.3 is 0 Å². The summed E-state index contributed by atoms with van der Waals surface area (Å²) in [6.07, 6.45) is 2.90. The molecule has 0 bridgehead atoms. The van der Waals surface area contributed by atoms with Gasteiger partial charge in [-0.05, 0) is 30.3 Å². The number of hydrogen-bond acceptors (Lipinski definition) is 2. The molecular weight excluding hydrogens is 205 g/mol. The van der Waals surface area contributed by atoms with Gasteiger partial charge in [0.05, 0.1) is 6.26 Å². The van der Waals surface area contributed by atoms with Gasteiger partial charge in [0.1, 0.15) is 5.82 Å². The third-order valence-electron chi connectivity index (χ3n) is 1.48. The lowest BCUT2D eigenvalue weighted by Crippen LogP contribution is -2.00. The van der Waals surface area contributed by atoms with Gasteiger partial charge in [0, 0.05) is 11.4 Å². The number of ether oxygens (including phenoxy) is 1. The Labute approximate surface area is 86.5 Å². The van der Waals surface area contributed by atoms with Crippen LogP contribution in [0.25, 0.3) is 0 Å². The van der Waals surface area contributed by atoms with Crippen LogP contribution in [0.1, 0.15) is 5.56 Å². The van der Waals surface area contributed by atoms with Crippen molar-refractivity contribution >= 4 is 17.5 Å². The first-order valence-electron chi connectivity index (χ1n) is 3.96. The van der Waals surface area contributed by atoms with Crippen molar-refractivity contribution in [2.75, 3.05) is 5.88 Å². The molecule has 0 aliphatic heterocycles. The second kappa shape index (κ2) is 5.40. The molecule has 1 aromatic rings. The minimum atomic E-state index is -0.335. The summed E-state index contributed by atoms with van der Waals surface area (Å²) in [5, 5.41) is 7.44. The number of benzene rings is 1. The molecule has 0 atom stereocenters. The zero-order valence-electron chi connectivity index (χ0n) is 7.34. The Kier molecular flexibility index (Phi) is 4.13. The quantitative estimate of drug-likeness (QED) is 0.356. The fraction of sp³-hybridized carbons (Fsp3) is 0.100. The van der Waals surface area contributed by atoms with Crippen LogP contribution in [0.5, 0.6) is 0 Å². The Morgan fingerprint density at radius 1 is 1.43 bits per heavy atom. The Balaban J connectivity index is 2.61. The summed E-state index contributed by atoms with van der Waals surface area (Å²) in [4.78, 5) is 0. The molecule has 0 saturated heterocycles. The zero-order valence-corrected chi connectivity index (χ0v) is 8.09. The van der Waals surface area contributed by atoms with E-state index in [1.54, 1.807) is 6.08 Å². The third-order valence-corrected chi connectivity index (χ3v) is 1.66. The molecule has 0 unspecified atom stereocenters. The van der Waals surface area contributed by atoms with E-state index in [1.807, 2.05) is 0 Å². The van der Waals surface area contributed by atoms with Crippen molar-refractivity contribution in [3.63, 3.8) is 0 Å². The van der Waals surface area contributed by atoms with E-state index in [0.29, 0.717) is 11.4 Å². The molecule has 74 valence electrons. The van der Waals surface area contributed by atoms with Crippen molar-refractivity contribution in [3.8, 4) is 0 Å². The van der Waals surface area contributed by atoms with Crippen LogP contribution in [0.2, 0.25) is 0 Å². The summed E-state index contributed by atoms with van der Waals surface area (Å²) in [5.41, 5.74) is 0.519. The first-order valence-corrected chi connectivity index (χ1v) is 4.49. The highest BCUT2D eigenvalue weighted by molar-refractivity contribution is 6.18. The van der Waals surface area contributed by atoms with E-state index in [1.165, 1.54) is 30.5 Å². The summed E-state index contributed by atoms with van der Waals surface area (Å²) in [6.45, 7) is 0. The fourth-order valence-corrected chi connectivity index (χ4v) is 0.895. The summed E-state index contributed by atoms with van der Waals surface area (Å²) >= 11 is 5.36. The molecule has 1 rings (SSSR count). The van der Waals surface area contributed by atoms with Crippen molar-refractivity contribution in [3.05, 3.63) is 48.0 Å². The van der Waals surface area contributed by atoms with Crippen molar-refractivity contribution in [1.29, 1.82) is 5.41 Å². The van der Waals surface area contributed by atoms with Crippen LogP contribution < -0.4 is 0 Å². The van der Waals surface area contributed by atoms with Crippen LogP contribution in [-0.4, -0.2) is 11.8 Å². The average molecular weight is 214 g/mol. The molecule has 0 spiro atoms. The maximum Gasteiger partial charge on any atom is 0.218 e. The molecule has 0 aliphatic carbocycles. The predicted octanol–water partition coefficient (Wildman–Crippen LogP) is 2.92. The van der Waals surface area contributed by atoms with Gasteiger partial charge in [-0.1, -0.05) is 0 Å². The average Bonchev–Trinajstić information content (AvgIpc) is 2.19. The van der Waals surface area contributed by atoms with E-state index in [4.69, 9.17) is 21.7 Å². The summed E-state index contributed by atoms with van der Waals surface area (Å²) < 4.78 is 17.4. The fourth-order valence-electron chi connectivity index (χ4n) is 0.822. The monoisotopic (exact) mass is 213 g/mol. The molecule has 1 N–H and O–H groups in total. The van der Waals surface area contributed by atoms with Gasteiger partial charge in [-0.3, -0.25) is 5.41 Å². The van der Waals surface area contributed by atoms with Crippen molar-refractivity contribution in [2.24, 2.45) is 0 Å². The van der Waals surface area contributed by atoms with E-state index >= 15 is 0 Å². The minimum absolute atomic E-state index is 0.0358. The van der Waals surface area contributed by atoms with Gasteiger partial charge in [0.25, 0.3) is 0 Å². The van der Waals surface area contributed by atoms with E-state index in [9.17, 15) is 4.39 Å². The lowest BCUT2D eigenvalue weighted by Gasteiger charge is -2.01. The Morgan fingerprint density at radius 3 is 2.64 bits per heavy atom. The maximum atomic E-state index is 12.5. The molecule has 0 heterocycles. The van der Waals surface area contributed by atoms with Gasteiger partial charge in [0.2, 0.25) is 5.90 Å². The minimum Gasteiger partial charge on any atom is -0.447 e. The molecule has 14 heavy (non-hydrogen) atoms. The van der Waals surface area contributed by atoms with Gasteiger partial charge in [-0.2, -0.15) is 0 Å². The second-order valence-electron chi connectivity index (χ2n) is 2.48. The smallest absolute Gasteiger partial charge is 0.218 e. The molecule has 0 radical (unpaired) electrons. The first kappa shape index (κ1) is 10.7. The standard InChI is InChI=1S/C10H9ClFNO/c11-6-1-7-14-10(13)8-2-4-9(12)5-3-8/h1-5,7,13H,6H2/b7-1+,13-10?. The molecule has 0 aromatic heterocycles. The summed E-state index contributed by atoms with van der Waals surface area (Å²) in [7, 11) is 0. The molecule has 0 aliphatic rings. The molecule has 0 fully saturated rings. The molecule has 2 nitrogen and oxygen atoms in total. The van der Waals surface area contributed by atoms with Crippen LogP contribution in [0.3, 0.4) is 0 Å². The predicted molar refractivity (Wildman–Crippen MR) is 54.2 cm³/mol. The van der Waals surface area contributed by atoms with Crippen molar-refractivity contribution in [1.82, 2.24) is 0 Å². The number of hydrogen-bond donors (Lipinski definition) is 1. The molecule has 0 amide bonds. The first-order chi connectivity index (χ1) is 6.74. The molecule has 1 aromatic carbocycles. The highest BCUT2D eigenvalue weighted by Gasteiger charge is 2.00. The molecular formula is C10H9ClFNO. The van der Waals surface area contributed by atoms with E-state index in [-0.39, 0.29) is 11.7 Å². The van der Waals surface area contributed by atoms with Gasteiger partial charge in [-0.15, -0.1) is 11.6 Å². The lowest BCUT2D eigenvalue weighted by molar-refractivity contribution is 0.468. The van der Waals surface area contributed by atoms with Crippen molar-refractivity contribution in [2.45, 2.75) is 0 Å². The van der Waals surface area contributed by atoms with Crippen LogP contribution >= 0.6 is 11.6 Å².